The van der Waals surface area contributed by atoms with Crippen molar-refractivity contribution < 1.29 is 23.7 Å². The minimum absolute atomic E-state index is 0.283. The maximum absolute atomic E-state index is 12.7. The molecule has 152 valence electrons. The van der Waals surface area contributed by atoms with Crippen molar-refractivity contribution in [3.63, 3.8) is 0 Å². The summed E-state index contributed by atoms with van der Waals surface area (Å²) in [7, 11) is 2.85. The normalized spacial score (nSPS) is 14.3. The zero-order chi connectivity index (χ0) is 20.6. The van der Waals surface area contributed by atoms with Crippen LogP contribution in [0.2, 0.25) is 0 Å². The van der Waals surface area contributed by atoms with Gasteiger partial charge in [-0.2, -0.15) is 0 Å². The van der Waals surface area contributed by atoms with Gasteiger partial charge in [-0.05, 0) is 28.5 Å². The minimum atomic E-state index is -1.05. The van der Waals surface area contributed by atoms with Gasteiger partial charge in [-0.25, -0.2) is 4.79 Å². The summed E-state index contributed by atoms with van der Waals surface area (Å²) < 4.78 is 21.9. The predicted molar refractivity (Wildman–Crippen MR) is 112 cm³/mol. The molecule has 0 aliphatic heterocycles. The fraction of sp³-hybridized carbons (Fsp3) is 0.261. The van der Waals surface area contributed by atoms with Gasteiger partial charge in [0.15, 0.2) is 11.7 Å². The van der Waals surface area contributed by atoms with Crippen molar-refractivity contribution in [3.05, 3.63) is 78.4 Å². The highest BCUT2D eigenvalue weighted by Crippen LogP contribution is 2.23. The van der Waals surface area contributed by atoms with Crippen molar-refractivity contribution in [2.45, 2.75) is 24.4 Å². The Morgan fingerprint density at radius 3 is 2.28 bits per heavy atom. The zero-order valence-corrected chi connectivity index (χ0v) is 17.0. The molecule has 0 fully saturated rings. The number of hydrogen-bond donors (Lipinski definition) is 0. The Hall–Kier alpha value is -2.44. The van der Waals surface area contributed by atoms with Crippen molar-refractivity contribution in [2.75, 3.05) is 14.2 Å². The lowest BCUT2D eigenvalue weighted by atomic mass is 10.1. The molecule has 0 aliphatic rings. The molecule has 3 aromatic rings. The van der Waals surface area contributed by atoms with Gasteiger partial charge in [0.1, 0.15) is 11.9 Å². The smallest absolute Gasteiger partial charge is 0.343 e. The summed E-state index contributed by atoms with van der Waals surface area (Å²) in [5, 5.41) is 2.02. The summed E-state index contributed by atoms with van der Waals surface area (Å²) in [6, 6.07) is 22.8. The molecule has 3 unspecified atom stereocenters. The molecular weight excluding hydrogens is 392 g/mol. The quantitative estimate of drug-likeness (QED) is 0.292. The highest BCUT2D eigenvalue weighted by molar-refractivity contribution is 6.20. The summed E-state index contributed by atoms with van der Waals surface area (Å²) >= 11 is 6.36. The number of carbonyl (C=O) groups excluding carboxylic acids is 1. The van der Waals surface area contributed by atoms with Crippen LogP contribution in [-0.2, 0) is 25.6 Å². The Bertz CT molecular complexity index is 931. The Kier molecular flexibility index (Phi) is 7.61. The van der Waals surface area contributed by atoms with E-state index in [9.17, 15) is 4.79 Å². The average molecular weight is 415 g/mol. The predicted octanol–water partition coefficient (Wildman–Crippen LogP) is 4.56. The fourth-order valence-electron chi connectivity index (χ4n) is 2.98. The van der Waals surface area contributed by atoms with E-state index in [2.05, 4.69) is 0 Å². The molecule has 0 amide bonds. The number of rotatable bonds is 9. The molecule has 6 heteroatoms. The second-order valence-electron chi connectivity index (χ2n) is 6.43. The van der Waals surface area contributed by atoms with Crippen LogP contribution in [-0.4, -0.2) is 38.0 Å². The van der Waals surface area contributed by atoms with E-state index in [0.29, 0.717) is 5.75 Å². The molecule has 5 nitrogen and oxygen atoms in total. The van der Waals surface area contributed by atoms with Gasteiger partial charge in [0.05, 0.1) is 6.61 Å². The molecule has 3 rings (SSSR count). The van der Waals surface area contributed by atoms with Crippen LogP contribution in [0, 0.1) is 0 Å². The first-order chi connectivity index (χ1) is 14.1. The van der Waals surface area contributed by atoms with E-state index in [4.69, 9.17) is 30.5 Å². The zero-order valence-electron chi connectivity index (χ0n) is 16.3. The summed E-state index contributed by atoms with van der Waals surface area (Å²) in [6.45, 7) is 0.283. The number of methoxy groups -OCH3 is 2. The van der Waals surface area contributed by atoms with Gasteiger partial charge in [-0.3, -0.25) is 0 Å². The average Bonchev–Trinajstić information content (AvgIpc) is 2.76. The molecule has 3 aromatic carbocycles. The number of carbonyl (C=O) groups is 1. The third-order valence-electron chi connectivity index (χ3n) is 4.51. The molecule has 0 heterocycles. The molecule has 0 saturated carbocycles. The topological polar surface area (TPSA) is 54.0 Å². The Morgan fingerprint density at radius 1 is 0.897 bits per heavy atom. The van der Waals surface area contributed by atoms with E-state index in [0.717, 1.165) is 16.3 Å². The Morgan fingerprint density at radius 2 is 1.59 bits per heavy atom. The maximum Gasteiger partial charge on any atom is 0.343 e. The number of hydrogen-bond acceptors (Lipinski definition) is 5. The van der Waals surface area contributed by atoms with E-state index >= 15 is 0 Å². The van der Waals surface area contributed by atoms with Crippen molar-refractivity contribution in [3.8, 4) is 5.75 Å². The van der Waals surface area contributed by atoms with Crippen molar-refractivity contribution >= 4 is 28.3 Å². The fourth-order valence-corrected chi connectivity index (χ4v) is 3.28. The van der Waals surface area contributed by atoms with E-state index in [1.165, 1.54) is 14.2 Å². The molecule has 0 radical (unpaired) electrons. The number of alkyl halides is 1. The van der Waals surface area contributed by atoms with E-state index in [-0.39, 0.29) is 6.61 Å². The summed E-state index contributed by atoms with van der Waals surface area (Å²) in [5.41, 5.74) is 0.0509. The van der Waals surface area contributed by atoms with Gasteiger partial charge < -0.3 is 18.9 Å². The lowest BCUT2D eigenvalue weighted by Gasteiger charge is -2.27. The SMILES string of the molecule is COC(C(=O)Oc1ccc2ccccc2c1)C(OC)C(Cl)OCc1ccccc1. The van der Waals surface area contributed by atoms with Crippen LogP contribution in [0.4, 0.5) is 0 Å². The van der Waals surface area contributed by atoms with Gasteiger partial charge in [-0.1, -0.05) is 72.3 Å². The highest BCUT2D eigenvalue weighted by atomic mass is 35.5. The second-order valence-corrected chi connectivity index (χ2v) is 6.86. The van der Waals surface area contributed by atoms with Crippen molar-refractivity contribution in [1.82, 2.24) is 0 Å². The molecule has 0 spiro atoms. The summed E-state index contributed by atoms with van der Waals surface area (Å²) in [5.74, 6) is -0.189. The molecule has 0 aliphatic carbocycles. The first kappa shape index (κ1) is 21.3. The maximum atomic E-state index is 12.7. The first-order valence-corrected chi connectivity index (χ1v) is 9.61. The number of halogens is 1. The van der Waals surface area contributed by atoms with Gasteiger partial charge in [0.25, 0.3) is 0 Å². The van der Waals surface area contributed by atoms with E-state index in [1.807, 2.05) is 60.7 Å². The van der Waals surface area contributed by atoms with Crippen LogP contribution in [0.1, 0.15) is 5.56 Å². The molecule has 0 bridgehead atoms. The van der Waals surface area contributed by atoms with Gasteiger partial charge in [0, 0.05) is 14.2 Å². The van der Waals surface area contributed by atoms with Crippen LogP contribution in [0.25, 0.3) is 10.8 Å². The lowest BCUT2D eigenvalue weighted by molar-refractivity contribution is -0.160. The Balaban J connectivity index is 1.66. The molecule has 0 aromatic heterocycles. The Labute approximate surface area is 175 Å². The second kappa shape index (κ2) is 10.4. The minimum Gasteiger partial charge on any atom is -0.425 e. The third kappa shape index (κ3) is 5.55. The number of ether oxygens (including phenoxy) is 4. The van der Waals surface area contributed by atoms with Gasteiger partial charge >= 0.3 is 5.97 Å². The van der Waals surface area contributed by atoms with Crippen LogP contribution >= 0.6 is 11.6 Å². The third-order valence-corrected chi connectivity index (χ3v) is 4.88. The van der Waals surface area contributed by atoms with Crippen LogP contribution in [0.3, 0.4) is 0 Å². The molecule has 0 saturated heterocycles. The molecular formula is C23H23ClO5. The number of benzene rings is 3. The van der Waals surface area contributed by atoms with E-state index in [1.54, 1.807) is 12.1 Å². The molecule has 29 heavy (non-hydrogen) atoms. The monoisotopic (exact) mass is 414 g/mol. The van der Waals surface area contributed by atoms with Crippen molar-refractivity contribution in [2.24, 2.45) is 0 Å². The summed E-state index contributed by atoms with van der Waals surface area (Å²) in [4.78, 5) is 12.7. The molecule has 3 atom stereocenters. The summed E-state index contributed by atoms with van der Waals surface area (Å²) in [6.07, 6.45) is -1.90. The van der Waals surface area contributed by atoms with Crippen LogP contribution < -0.4 is 4.74 Å². The first-order valence-electron chi connectivity index (χ1n) is 9.18. The number of fused-ring (bicyclic) bond motifs is 1. The van der Waals surface area contributed by atoms with Crippen molar-refractivity contribution in [1.29, 1.82) is 0 Å². The van der Waals surface area contributed by atoms with Crippen LogP contribution in [0.5, 0.6) is 5.75 Å². The van der Waals surface area contributed by atoms with E-state index < -0.39 is 23.7 Å². The lowest BCUT2D eigenvalue weighted by Crippen LogP contribution is -2.45. The van der Waals surface area contributed by atoms with Gasteiger partial charge in [0.2, 0.25) is 0 Å². The highest BCUT2D eigenvalue weighted by Gasteiger charge is 2.36. The standard InChI is InChI=1S/C23H23ClO5/c1-26-20(22(24)28-15-16-8-4-3-5-9-16)21(27-2)23(25)29-19-13-12-17-10-6-7-11-18(17)14-19/h3-14,20-22H,15H2,1-2H3. The van der Waals surface area contributed by atoms with Crippen LogP contribution in [0.15, 0.2) is 72.8 Å². The largest absolute Gasteiger partial charge is 0.425 e. The number of esters is 1. The van der Waals surface area contributed by atoms with Gasteiger partial charge in [-0.15, -0.1) is 0 Å². The molecule has 0 N–H and O–H groups in total.